The maximum absolute atomic E-state index is 14.3. The Labute approximate surface area is 290 Å². The number of sulfonamides is 1. The standard InChI is InChI=1S/C37H51FN4O6S/c1-25(2)21-22-41(49(46,47)30-19-20-32(39)31(38)23-30)29(24-43)17-12-18-33(26(3)4)42(37(45)48-5)36(44)35(40)34(27-13-8-6-9-14-27)28-15-10-7-11-16-28/h6-11,13-16,19-20,23,25-26,29,33-35,43H,12,17-18,21-22,24,39-40H2,1-5H3/t29-,33+,35-/m0/s1. The zero-order valence-corrected chi connectivity index (χ0v) is 29.9. The third-order valence-corrected chi connectivity index (χ3v) is 10.8. The Morgan fingerprint density at radius 3 is 1.94 bits per heavy atom. The number of carbonyl (C=O) groups excluding carboxylic acids is 2. The topological polar surface area (TPSA) is 156 Å². The first-order valence-electron chi connectivity index (χ1n) is 16.7. The number of methoxy groups -OCH3 is 1. The van der Waals surface area contributed by atoms with Gasteiger partial charge in [0.15, 0.2) is 0 Å². The normalized spacial score (nSPS) is 13.9. The van der Waals surface area contributed by atoms with Crippen LogP contribution in [0.15, 0.2) is 83.8 Å². The van der Waals surface area contributed by atoms with E-state index in [2.05, 4.69) is 0 Å². The second kappa shape index (κ2) is 18.2. The summed E-state index contributed by atoms with van der Waals surface area (Å²) in [7, 11) is -3.01. The largest absolute Gasteiger partial charge is 0.452 e. The molecule has 49 heavy (non-hydrogen) atoms. The maximum Gasteiger partial charge on any atom is 0.416 e. The summed E-state index contributed by atoms with van der Waals surface area (Å²) >= 11 is 0. The molecule has 5 N–H and O–H groups in total. The second-order valence-corrected chi connectivity index (χ2v) is 15.0. The monoisotopic (exact) mass is 698 g/mol. The molecule has 3 aromatic carbocycles. The van der Waals surface area contributed by atoms with Crippen molar-refractivity contribution in [2.45, 2.75) is 82.3 Å². The molecule has 0 radical (unpaired) electrons. The molecule has 3 aromatic rings. The molecule has 10 nitrogen and oxygen atoms in total. The fraction of sp³-hybridized carbons (Fsp3) is 0.459. The van der Waals surface area contributed by atoms with Gasteiger partial charge < -0.3 is 21.3 Å². The number of carbonyl (C=O) groups is 2. The van der Waals surface area contributed by atoms with Crippen molar-refractivity contribution in [1.82, 2.24) is 9.21 Å². The van der Waals surface area contributed by atoms with Gasteiger partial charge in [-0.25, -0.2) is 22.5 Å². The maximum atomic E-state index is 14.3. The van der Waals surface area contributed by atoms with Crippen LogP contribution in [-0.4, -0.2) is 73.1 Å². The lowest BCUT2D eigenvalue weighted by Crippen LogP contribution is -2.55. The fourth-order valence-corrected chi connectivity index (χ4v) is 7.73. The second-order valence-electron chi connectivity index (χ2n) is 13.1. The first-order valence-corrected chi connectivity index (χ1v) is 18.1. The molecule has 0 saturated heterocycles. The molecule has 12 heteroatoms. The molecule has 0 aliphatic carbocycles. The Morgan fingerprint density at radius 1 is 0.898 bits per heavy atom. The van der Waals surface area contributed by atoms with Crippen LogP contribution in [0.5, 0.6) is 0 Å². The van der Waals surface area contributed by atoms with Crippen LogP contribution < -0.4 is 11.5 Å². The van der Waals surface area contributed by atoms with Crippen LogP contribution in [-0.2, 0) is 19.6 Å². The van der Waals surface area contributed by atoms with E-state index in [1.165, 1.54) is 23.5 Å². The highest BCUT2D eigenvalue weighted by Gasteiger charge is 2.39. The van der Waals surface area contributed by atoms with Gasteiger partial charge in [-0.2, -0.15) is 4.31 Å². The highest BCUT2D eigenvalue weighted by Crippen LogP contribution is 2.31. The summed E-state index contributed by atoms with van der Waals surface area (Å²) in [6.45, 7) is 7.29. The van der Waals surface area contributed by atoms with Crippen molar-refractivity contribution >= 4 is 27.7 Å². The lowest BCUT2D eigenvalue weighted by molar-refractivity contribution is -0.134. The number of ether oxygens (including phenoxy) is 1. The number of rotatable bonds is 17. The number of hydrogen-bond acceptors (Lipinski definition) is 8. The smallest absolute Gasteiger partial charge is 0.416 e. The van der Waals surface area contributed by atoms with Crippen molar-refractivity contribution in [2.75, 3.05) is 26.0 Å². The third-order valence-electron chi connectivity index (χ3n) is 8.83. The summed E-state index contributed by atoms with van der Waals surface area (Å²) in [4.78, 5) is 28.4. The molecule has 3 atom stereocenters. The van der Waals surface area contributed by atoms with Crippen molar-refractivity contribution in [1.29, 1.82) is 0 Å². The number of nitrogens with two attached hydrogens (primary N) is 2. The van der Waals surface area contributed by atoms with Crippen LogP contribution in [0.3, 0.4) is 0 Å². The molecule has 2 amide bonds. The molecular weight excluding hydrogens is 647 g/mol. The first-order chi connectivity index (χ1) is 23.2. The lowest BCUT2D eigenvalue weighted by atomic mass is 9.84. The van der Waals surface area contributed by atoms with Gasteiger partial charge in [-0.1, -0.05) is 88.4 Å². The summed E-state index contributed by atoms with van der Waals surface area (Å²) < 4.78 is 48.2. The summed E-state index contributed by atoms with van der Waals surface area (Å²) in [5, 5.41) is 10.5. The molecule has 0 aromatic heterocycles. The molecule has 3 rings (SSSR count). The van der Waals surface area contributed by atoms with E-state index in [9.17, 15) is 27.5 Å². The van der Waals surface area contributed by atoms with E-state index in [0.29, 0.717) is 12.8 Å². The summed E-state index contributed by atoms with van der Waals surface area (Å²) in [5.74, 6) is -2.06. The average Bonchev–Trinajstić information content (AvgIpc) is 3.08. The third kappa shape index (κ3) is 10.1. The molecule has 0 heterocycles. The number of nitrogens with zero attached hydrogens (tertiary/aromatic N) is 2. The van der Waals surface area contributed by atoms with Crippen LogP contribution in [0, 0.1) is 17.7 Å². The van der Waals surface area contributed by atoms with Gasteiger partial charge in [-0.15, -0.1) is 0 Å². The van der Waals surface area contributed by atoms with Crippen molar-refractivity contribution in [2.24, 2.45) is 17.6 Å². The Balaban J connectivity index is 1.90. The number of imide groups is 1. The van der Waals surface area contributed by atoms with Crippen molar-refractivity contribution < 1.29 is 32.2 Å². The highest BCUT2D eigenvalue weighted by molar-refractivity contribution is 7.89. The minimum absolute atomic E-state index is 0.104. The summed E-state index contributed by atoms with van der Waals surface area (Å²) in [5.41, 5.74) is 13.8. The Bertz CT molecular complexity index is 1570. The Morgan fingerprint density at radius 2 is 1.47 bits per heavy atom. The number of anilines is 1. The molecule has 0 bridgehead atoms. The number of aliphatic hydroxyl groups excluding tert-OH is 1. The van der Waals surface area contributed by atoms with E-state index >= 15 is 0 Å². The summed E-state index contributed by atoms with van der Waals surface area (Å²) in [6, 6.07) is 19.5. The van der Waals surface area contributed by atoms with Gasteiger partial charge >= 0.3 is 6.09 Å². The highest BCUT2D eigenvalue weighted by atomic mass is 32.2. The Kier molecular flexibility index (Phi) is 14.7. The van der Waals surface area contributed by atoms with Crippen LogP contribution in [0.2, 0.25) is 0 Å². The molecule has 0 unspecified atom stereocenters. The van der Waals surface area contributed by atoms with Gasteiger partial charge in [-0.3, -0.25) is 4.79 Å². The van der Waals surface area contributed by atoms with Crippen molar-refractivity contribution in [3.8, 4) is 0 Å². The van der Waals surface area contributed by atoms with E-state index in [-0.39, 0.29) is 41.8 Å². The molecular formula is C37H51FN4O6S. The van der Waals surface area contributed by atoms with Crippen LogP contribution in [0.1, 0.15) is 70.4 Å². The van der Waals surface area contributed by atoms with Gasteiger partial charge in [0.2, 0.25) is 15.9 Å². The molecule has 0 fully saturated rings. The molecule has 0 aliphatic rings. The number of halogens is 1. The number of benzene rings is 3. The average molecular weight is 699 g/mol. The van der Waals surface area contributed by atoms with Crippen molar-refractivity contribution in [3.05, 3.63) is 95.8 Å². The quantitative estimate of drug-likeness (QED) is 0.150. The predicted molar refractivity (Wildman–Crippen MR) is 189 cm³/mol. The minimum Gasteiger partial charge on any atom is -0.452 e. The lowest BCUT2D eigenvalue weighted by Gasteiger charge is -2.36. The molecule has 0 spiro atoms. The number of hydrogen-bond donors (Lipinski definition) is 3. The van der Waals surface area contributed by atoms with E-state index in [0.717, 1.165) is 22.1 Å². The van der Waals surface area contributed by atoms with Gasteiger partial charge in [0.05, 0.1) is 30.3 Å². The first kappa shape index (κ1) is 39.6. The summed E-state index contributed by atoms with van der Waals surface area (Å²) in [6.07, 6.45) is 0.505. The predicted octanol–water partition coefficient (Wildman–Crippen LogP) is 5.75. The molecule has 268 valence electrons. The van der Waals surface area contributed by atoms with E-state index in [1.54, 1.807) is 0 Å². The number of nitrogen functional groups attached to an aromatic ring is 1. The number of aliphatic hydroxyl groups is 1. The SMILES string of the molecule is COC(=O)N(C(=O)[C@@H](N)C(c1ccccc1)c1ccccc1)[C@H](CCC[C@@H](CO)N(CCC(C)C)S(=O)(=O)c1ccc(N)c(F)c1)C(C)C. The van der Waals surface area contributed by atoms with E-state index in [4.69, 9.17) is 16.2 Å². The number of amides is 2. The van der Waals surface area contributed by atoms with E-state index in [1.807, 2.05) is 88.4 Å². The van der Waals surface area contributed by atoms with E-state index < -0.39 is 58.5 Å². The fourth-order valence-electron chi connectivity index (χ4n) is 6.06. The van der Waals surface area contributed by atoms with Gasteiger partial charge in [-0.05, 0) is 66.8 Å². The zero-order chi connectivity index (χ0) is 36.3. The Hall–Kier alpha value is -3.84. The van der Waals surface area contributed by atoms with Gasteiger partial charge in [0.1, 0.15) is 5.82 Å². The van der Waals surface area contributed by atoms with Crippen LogP contribution in [0.4, 0.5) is 14.9 Å². The van der Waals surface area contributed by atoms with Crippen LogP contribution >= 0.6 is 0 Å². The molecule has 0 saturated carbocycles. The molecule has 0 aliphatic heterocycles. The van der Waals surface area contributed by atoms with Gasteiger partial charge in [0.25, 0.3) is 0 Å². The minimum atomic E-state index is -4.21. The van der Waals surface area contributed by atoms with Gasteiger partial charge in [0, 0.05) is 24.5 Å². The van der Waals surface area contributed by atoms with Crippen LogP contribution in [0.25, 0.3) is 0 Å². The van der Waals surface area contributed by atoms with Crippen molar-refractivity contribution in [3.63, 3.8) is 0 Å². The zero-order valence-electron chi connectivity index (χ0n) is 29.0.